The van der Waals surface area contributed by atoms with Crippen molar-refractivity contribution in [3.8, 4) is 0 Å². The largest absolute Gasteiger partial charge is 0.447 e. The van der Waals surface area contributed by atoms with Crippen LogP contribution in [0.4, 0.5) is 21.0 Å². The number of benzene rings is 2. The molecule has 2 aliphatic rings. The summed E-state index contributed by atoms with van der Waals surface area (Å²) in [4.78, 5) is 24.1. The summed E-state index contributed by atoms with van der Waals surface area (Å²) in [7, 11) is 0. The quantitative estimate of drug-likeness (QED) is 0.281. The van der Waals surface area contributed by atoms with E-state index in [1.165, 1.54) is 38.5 Å². The molecular formula is C31H42N2O6. The molecule has 8 nitrogen and oxygen atoms in total. The molecule has 2 N–H and O–H groups in total. The third-order valence-electron chi connectivity index (χ3n) is 7.25. The van der Waals surface area contributed by atoms with E-state index in [-0.39, 0.29) is 13.2 Å². The van der Waals surface area contributed by atoms with Crippen LogP contribution in [0.5, 0.6) is 0 Å². The molecule has 0 aromatic heterocycles. The van der Waals surface area contributed by atoms with Gasteiger partial charge in [-0.25, -0.2) is 9.59 Å². The van der Waals surface area contributed by atoms with Crippen molar-refractivity contribution in [1.82, 2.24) is 0 Å². The third-order valence-corrected chi connectivity index (χ3v) is 7.25. The zero-order chi connectivity index (χ0) is 27.1. The molecule has 0 atom stereocenters. The Morgan fingerprint density at radius 3 is 1.33 bits per heavy atom. The number of carbonyl (C=O) groups excluding carboxylic acids is 2. The van der Waals surface area contributed by atoms with Crippen molar-refractivity contribution in [2.75, 3.05) is 37.1 Å². The van der Waals surface area contributed by atoms with Crippen LogP contribution in [0.2, 0.25) is 0 Å². The Bertz CT molecular complexity index is 917. The second kappa shape index (κ2) is 16.1. The van der Waals surface area contributed by atoms with Gasteiger partial charge in [-0.15, -0.1) is 0 Å². The molecule has 39 heavy (non-hydrogen) atoms. The van der Waals surface area contributed by atoms with Gasteiger partial charge >= 0.3 is 12.2 Å². The van der Waals surface area contributed by atoms with Crippen LogP contribution >= 0.6 is 0 Å². The first-order valence-electron chi connectivity index (χ1n) is 14.4. The van der Waals surface area contributed by atoms with E-state index in [0.29, 0.717) is 36.8 Å². The minimum Gasteiger partial charge on any atom is -0.447 e. The molecule has 0 heterocycles. The maximum atomic E-state index is 12.1. The predicted octanol–water partition coefficient (Wildman–Crippen LogP) is 7.07. The van der Waals surface area contributed by atoms with Gasteiger partial charge in [0.1, 0.15) is 13.2 Å². The van der Waals surface area contributed by atoms with E-state index in [0.717, 1.165) is 43.2 Å². The summed E-state index contributed by atoms with van der Waals surface area (Å²) in [5, 5.41) is 5.51. The molecule has 2 saturated carbocycles. The molecule has 2 amide bonds. The smallest absolute Gasteiger partial charge is 0.411 e. The minimum absolute atomic E-state index is 0.248. The molecule has 212 valence electrons. The summed E-state index contributed by atoms with van der Waals surface area (Å²) in [5.41, 5.74) is 3.57. The Labute approximate surface area is 231 Å². The Kier molecular flexibility index (Phi) is 11.9. The van der Waals surface area contributed by atoms with Crippen molar-refractivity contribution >= 4 is 23.6 Å². The second-order valence-corrected chi connectivity index (χ2v) is 10.4. The average molecular weight is 539 g/mol. The van der Waals surface area contributed by atoms with Crippen molar-refractivity contribution in [1.29, 1.82) is 0 Å². The van der Waals surface area contributed by atoms with Crippen molar-refractivity contribution in [2.45, 2.75) is 82.8 Å². The van der Waals surface area contributed by atoms with Crippen LogP contribution in [0.3, 0.4) is 0 Å². The van der Waals surface area contributed by atoms with Gasteiger partial charge in [0, 0.05) is 11.4 Å². The van der Waals surface area contributed by atoms with Crippen LogP contribution in [0, 0.1) is 0 Å². The maximum Gasteiger partial charge on any atom is 0.411 e. The highest BCUT2D eigenvalue weighted by Crippen LogP contribution is 2.21. The highest BCUT2D eigenvalue weighted by atomic mass is 16.6. The molecule has 0 aliphatic heterocycles. The summed E-state index contributed by atoms with van der Waals surface area (Å²) in [5.74, 6) is 0. The van der Waals surface area contributed by atoms with Gasteiger partial charge in [0.2, 0.25) is 0 Å². The molecule has 2 aromatic carbocycles. The van der Waals surface area contributed by atoms with Crippen LogP contribution in [0.15, 0.2) is 48.5 Å². The lowest BCUT2D eigenvalue weighted by atomic mass is 9.98. The highest BCUT2D eigenvalue weighted by molar-refractivity contribution is 5.85. The van der Waals surface area contributed by atoms with Gasteiger partial charge in [0.05, 0.1) is 25.4 Å². The molecule has 8 heteroatoms. The summed E-state index contributed by atoms with van der Waals surface area (Å²) in [6.07, 6.45) is 12.3. The fourth-order valence-corrected chi connectivity index (χ4v) is 5.12. The SMILES string of the molecule is O=C(Nc1ccc(Cc2ccc(NC(=O)OCCOC3CCCCC3)cc2)cc1)OCCOC1CCCCC1. The van der Waals surface area contributed by atoms with Gasteiger partial charge in [-0.3, -0.25) is 10.6 Å². The standard InChI is InChI=1S/C31H42N2O6/c34-30(38-21-19-36-28-7-3-1-4-8-28)32-26-15-11-24(12-16-26)23-25-13-17-27(18-14-25)33-31(35)39-22-20-37-29-9-5-2-6-10-29/h11-18,28-29H,1-10,19-23H2,(H,32,34)(H,33,35). The zero-order valence-electron chi connectivity index (χ0n) is 22.8. The Hall–Kier alpha value is -3.10. The third kappa shape index (κ3) is 10.9. The monoisotopic (exact) mass is 538 g/mol. The molecule has 4 rings (SSSR count). The van der Waals surface area contributed by atoms with E-state index in [9.17, 15) is 9.59 Å². The van der Waals surface area contributed by atoms with Crippen molar-refractivity contribution in [2.24, 2.45) is 0 Å². The van der Waals surface area contributed by atoms with Crippen molar-refractivity contribution in [3.05, 3.63) is 59.7 Å². The number of ether oxygens (including phenoxy) is 4. The van der Waals surface area contributed by atoms with Crippen molar-refractivity contribution in [3.63, 3.8) is 0 Å². The van der Waals surface area contributed by atoms with E-state index < -0.39 is 12.2 Å². The summed E-state index contributed by atoms with van der Waals surface area (Å²) < 4.78 is 22.0. The Morgan fingerprint density at radius 1 is 0.564 bits per heavy atom. The summed E-state index contributed by atoms with van der Waals surface area (Å²) in [6, 6.07) is 15.3. The molecular weight excluding hydrogens is 496 g/mol. The molecule has 0 saturated heterocycles. The van der Waals surface area contributed by atoms with Gasteiger partial charge in [0.15, 0.2) is 0 Å². The van der Waals surface area contributed by atoms with Gasteiger partial charge in [-0.1, -0.05) is 62.8 Å². The van der Waals surface area contributed by atoms with Gasteiger partial charge in [-0.05, 0) is 67.5 Å². The maximum absolute atomic E-state index is 12.1. The number of nitrogens with one attached hydrogen (secondary N) is 2. The fourth-order valence-electron chi connectivity index (χ4n) is 5.12. The highest BCUT2D eigenvalue weighted by Gasteiger charge is 2.15. The molecule has 0 bridgehead atoms. The van der Waals surface area contributed by atoms with E-state index in [4.69, 9.17) is 18.9 Å². The molecule has 2 fully saturated rings. The lowest BCUT2D eigenvalue weighted by Crippen LogP contribution is -2.21. The lowest BCUT2D eigenvalue weighted by Gasteiger charge is -2.21. The van der Waals surface area contributed by atoms with E-state index in [2.05, 4.69) is 10.6 Å². The topological polar surface area (TPSA) is 95.1 Å². The number of amides is 2. The first-order valence-corrected chi connectivity index (χ1v) is 14.4. The molecule has 0 radical (unpaired) electrons. The lowest BCUT2D eigenvalue weighted by molar-refractivity contribution is 0.00583. The van der Waals surface area contributed by atoms with Crippen LogP contribution in [0.1, 0.15) is 75.3 Å². The van der Waals surface area contributed by atoms with Crippen molar-refractivity contribution < 1.29 is 28.5 Å². The molecule has 2 aliphatic carbocycles. The number of hydrogen-bond donors (Lipinski definition) is 2. The number of rotatable bonds is 12. The van der Waals surface area contributed by atoms with Crippen LogP contribution < -0.4 is 10.6 Å². The normalized spacial score (nSPS) is 16.4. The fraction of sp³-hybridized carbons (Fsp3) is 0.548. The Balaban J connectivity index is 1.10. The van der Waals surface area contributed by atoms with Crippen LogP contribution in [-0.2, 0) is 25.4 Å². The molecule has 0 unspecified atom stereocenters. The predicted molar refractivity (Wildman–Crippen MR) is 151 cm³/mol. The van der Waals surface area contributed by atoms with Gasteiger partial charge < -0.3 is 18.9 Å². The minimum atomic E-state index is -0.478. The molecule has 2 aromatic rings. The summed E-state index contributed by atoms with van der Waals surface area (Å²) in [6.45, 7) is 1.36. The number of hydrogen-bond acceptors (Lipinski definition) is 6. The zero-order valence-corrected chi connectivity index (χ0v) is 22.8. The first kappa shape index (κ1) is 28.9. The summed E-state index contributed by atoms with van der Waals surface area (Å²) >= 11 is 0. The van der Waals surface area contributed by atoms with Crippen LogP contribution in [0.25, 0.3) is 0 Å². The second-order valence-electron chi connectivity index (χ2n) is 10.4. The van der Waals surface area contributed by atoms with E-state index in [1.807, 2.05) is 48.5 Å². The number of carbonyl (C=O) groups is 2. The first-order chi connectivity index (χ1) is 19.1. The van der Waals surface area contributed by atoms with Crippen LogP contribution in [-0.4, -0.2) is 50.8 Å². The Morgan fingerprint density at radius 2 is 0.949 bits per heavy atom. The van der Waals surface area contributed by atoms with Gasteiger partial charge in [-0.2, -0.15) is 0 Å². The number of anilines is 2. The average Bonchev–Trinajstić information content (AvgIpc) is 2.97. The van der Waals surface area contributed by atoms with E-state index >= 15 is 0 Å². The molecule has 0 spiro atoms. The van der Waals surface area contributed by atoms with Gasteiger partial charge in [0.25, 0.3) is 0 Å². The van der Waals surface area contributed by atoms with E-state index in [1.54, 1.807) is 0 Å².